The molecule has 0 fully saturated rings. The first-order valence-electron chi connectivity index (χ1n) is 4.69. The van der Waals surface area contributed by atoms with Crippen molar-refractivity contribution in [2.45, 2.75) is 20.3 Å². The lowest BCUT2D eigenvalue weighted by molar-refractivity contribution is -0.121. The molecule has 1 aliphatic carbocycles. The van der Waals surface area contributed by atoms with Crippen LogP contribution in [-0.4, -0.2) is 25.8 Å². The van der Waals surface area contributed by atoms with Gasteiger partial charge >= 0.3 is 0 Å². The molecule has 82 valence electrons. The van der Waals surface area contributed by atoms with Crippen molar-refractivity contribution < 1.29 is 19.1 Å². The van der Waals surface area contributed by atoms with Crippen molar-refractivity contribution in [2.24, 2.45) is 0 Å². The van der Waals surface area contributed by atoms with Gasteiger partial charge in [0, 0.05) is 11.1 Å². The first-order chi connectivity index (χ1) is 7.08. The van der Waals surface area contributed by atoms with Crippen LogP contribution in [0.15, 0.2) is 22.7 Å². The van der Waals surface area contributed by atoms with Crippen LogP contribution in [0.2, 0.25) is 0 Å². The van der Waals surface area contributed by atoms with E-state index in [-0.39, 0.29) is 23.1 Å². The largest absolute Gasteiger partial charge is 0.489 e. The molecule has 0 aromatic heterocycles. The Morgan fingerprint density at radius 3 is 1.87 bits per heavy atom. The second-order valence-electron chi connectivity index (χ2n) is 3.18. The van der Waals surface area contributed by atoms with E-state index in [1.807, 2.05) is 6.92 Å². The second kappa shape index (κ2) is 4.29. The lowest BCUT2D eigenvalue weighted by atomic mass is 9.91. The maximum atomic E-state index is 11.8. The fourth-order valence-corrected chi connectivity index (χ4v) is 1.62. The van der Waals surface area contributed by atoms with Crippen molar-refractivity contribution in [3.05, 3.63) is 22.7 Å². The lowest BCUT2D eigenvalue weighted by Crippen LogP contribution is -2.24. The number of rotatable bonds is 3. The number of allylic oxidation sites excluding steroid dienone is 2. The van der Waals surface area contributed by atoms with Crippen LogP contribution in [0.5, 0.6) is 0 Å². The summed E-state index contributed by atoms with van der Waals surface area (Å²) in [6.07, 6.45) is 0.514. The van der Waals surface area contributed by atoms with E-state index in [1.54, 1.807) is 6.92 Å². The Balaban J connectivity index is 3.31. The van der Waals surface area contributed by atoms with Crippen molar-refractivity contribution in [3.8, 4) is 0 Å². The number of carbonyl (C=O) groups is 2. The van der Waals surface area contributed by atoms with E-state index in [9.17, 15) is 9.59 Å². The van der Waals surface area contributed by atoms with Crippen LogP contribution in [0.1, 0.15) is 20.3 Å². The third kappa shape index (κ3) is 1.67. The van der Waals surface area contributed by atoms with Crippen molar-refractivity contribution in [2.75, 3.05) is 14.2 Å². The number of ether oxygens (including phenoxy) is 2. The summed E-state index contributed by atoms with van der Waals surface area (Å²) in [5, 5.41) is 0. The van der Waals surface area contributed by atoms with E-state index in [0.29, 0.717) is 17.6 Å². The third-order valence-corrected chi connectivity index (χ3v) is 2.45. The van der Waals surface area contributed by atoms with Gasteiger partial charge in [0.15, 0.2) is 0 Å². The highest BCUT2D eigenvalue weighted by atomic mass is 16.5. The number of ketones is 2. The van der Waals surface area contributed by atoms with Gasteiger partial charge in [0.05, 0.1) is 14.2 Å². The number of Topliss-reactive ketones (excluding diaryl/α,β-unsaturated/α-hetero) is 2. The summed E-state index contributed by atoms with van der Waals surface area (Å²) in [6, 6.07) is 0. The van der Waals surface area contributed by atoms with Crippen LogP contribution in [0.3, 0.4) is 0 Å². The molecule has 0 aromatic carbocycles. The van der Waals surface area contributed by atoms with Gasteiger partial charge < -0.3 is 9.47 Å². The van der Waals surface area contributed by atoms with Gasteiger partial charge in [0.1, 0.15) is 0 Å². The van der Waals surface area contributed by atoms with Crippen LogP contribution < -0.4 is 0 Å². The highest BCUT2D eigenvalue weighted by molar-refractivity contribution is 6.23. The number of hydrogen-bond acceptors (Lipinski definition) is 4. The molecule has 0 saturated heterocycles. The fraction of sp³-hybridized carbons (Fsp3) is 0.455. The molecule has 0 aliphatic heterocycles. The van der Waals surface area contributed by atoms with Crippen molar-refractivity contribution in [1.82, 2.24) is 0 Å². The molecular weight excluding hydrogens is 196 g/mol. The van der Waals surface area contributed by atoms with Gasteiger partial charge in [0.2, 0.25) is 23.1 Å². The minimum atomic E-state index is -0.272. The van der Waals surface area contributed by atoms with E-state index >= 15 is 0 Å². The SMILES string of the molecule is CCC1=C(C)C(=O)C(OC)=C(OC)C1=O. The zero-order valence-corrected chi connectivity index (χ0v) is 9.34. The highest BCUT2D eigenvalue weighted by Gasteiger charge is 2.33. The predicted octanol–water partition coefficient (Wildman–Crippen LogP) is 1.37. The van der Waals surface area contributed by atoms with E-state index in [1.165, 1.54) is 14.2 Å². The Labute approximate surface area is 88.6 Å². The highest BCUT2D eigenvalue weighted by Crippen LogP contribution is 2.26. The first-order valence-corrected chi connectivity index (χ1v) is 4.69. The zero-order chi connectivity index (χ0) is 11.6. The van der Waals surface area contributed by atoms with Crippen LogP contribution >= 0.6 is 0 Å². The molecule has 0 saturated carbocycles. The zero-order valence-electron chi connectivity index (χ0n) is 9.34. The van der Waals surface area contributed by atoms with E-state index in [4.69, 9.17) is 9.47 Å². The number of methoxy groups -OCH3 is 2. The maximum Gasteiger partial charge on any atom is 0.227 e. The summed E-state index contributed by atoms with van der Waals surface area (Å²) in [5.41, 5.74) is 0.942. The van der Waals surface area contributed by atoms with E-state index in [2.05, 4.69) is 0 Å². The van der Waals surface area contributed by atoms with Crippen molar-refractivity contribution >= 4 is 11.6 Å². The quantitative estimate of drug-likeness (QED) is 0.660. The fourth-order valence-electron chi connectivity index (χ4n) is 1.62. The van der Waals surface area contributed by atoms with Gasteiger partial charge in [-0.3, -0.25) is 9.59 Å². The monoisotopic (exact) mass is 210 g/mol. The molecule has 4 nitrogen and oxygen atoms in total. The molecule has 15 heavy (non-hydrogen) atoms. The molecular formula is C11H14O4. The lowest BCUT2D eigenvalue weighted by Gasteiger charge is -2.19. The first kappa shape index (κ1) is 11.5. The smallest absolute Gasteiger partial charge is 0.227 e. The van der Waals surface area contributed by atoms with Crippen LogP contribution in [0.4, 0.5) is 0 Å². The predicted molar refractivity (Wildman–Crippen MR) is 54.0 cm³/mol. The average molecular weight is 210 g/mol. The molecule has 1 rings (SSSR count). The van der Waals surface area contributed by atoms with Gasteiger partial charge in [-0.05, 0) is 13.3 Å². The van der Waals surface area contributed by atoms with Crippen molar-refractivity contribution in [1.29, 1.82) is 0 Å². The molecule has 0 unspecified atom stereocenters. The Morgan fingerprint density at radius 2 is 1.47 bits per heavy atom. The summed E-state index contributed by atoms with van der Waals surface area (Å²) >= 11 is 0. The normalized spacial score (nSPS) is 17.3. The molecule has 0 aromatic rings. The van der Waals surface area contributed by atoms with Gasteiger partial charge in [0.25, 0.3) is 0 Å². The van der Waals surface area contributed by atoms with Crippen molar-refractivity contribution in [3.63, 3.8) is 0 Å². The van der Waals surface area contributed by atoms with Crippen LogP contribution in [0, 0.1) is 0 Å². The Bertz CT molecular complexity index is 374. The second-order valence-corrected chi connectivity index (χ2v) is 3.18. The summed E-state index contributed by atoms with van der Waals surface area (Å²) in [6.45, 7) is 3.46. The molecule has 0 spiro atoms. The maximum absolute atomic E-state index is 11.8. The minimum Gasteiger partial charge on any atom is -0.489 e. The van der Waals surface area contributed by atoms with E-state index in [0.717, 1.165) is 0 Å². The molecule has 0 radical (unpaired) electrons. The summed E-state index contributed by atoms with van der Waals surface area (Å²) in [4.78, 5) is 23.6. The van der Waals surface area contributed by atoms with Gasteiger partial charge in [-0.2, -0.15) is 0 Å². The topological polar surface area (TPSA) is 52.6 Å². The summed E-state index contributed by atoms with van der Waals surface area (Å²) < 4.78 is 9.80. The Morgan fingerprint density at radius 1 is 1.00 bits per heavy atom. The summed E-state index contributed by atoms with van der Waals surface area (Å²) in [7, 11) is 2.71. The van der Waals surface area contributed by atoms with Gasteiger partial charge in [-0.1, -0.05) is 6.92 Å². The Kier molecular flexibility index (Phi) is 3.29. The molecule has 0 N–H and O–H groups in total. The molecule has 0 heterocycles. The molecule has 1 aliphatic rings. The Hall–Kier alpha value is -1.58. The van der Waals surface area contributed by atoms with Gasteiger partial charge in [-0.15, -0.1) is 0 Å². The summed E-state index contributed by atoms with van der Waals surface area (Å²) in [5.74, 6) is -0.526. The third-order valence-electron chi connectivity index (χ3n) is 2.45. The number of hydrogen-bond donors (Lipinski definition) is 0. The standard InChI is InChI=1S/C11H14O4/c1-5-7-6(2)8(12)10(14-3)11(15-4)9(7)13/h5H2,1-4H3. The van der Waals surface area contributed by atoms with E-state index < -0.39 is 0 Å². The van der Waals surface area contributed by atoms with Crippen LogP contribution in [-0.2, 0) is 19.1 Å². The average Bonchev–Trinajstić information content (AvgIpc) is 2.23. The number of carbonyl (C=O) groups excluding carboxylic acids is 2. The van der Waals surface area contributed by atoms with Crippen LogP contribution in [0.25, 0.3) is 0 Å². The minimum absolute atomic E-state index is 0.00259. The molecule has 0 amide bonds. The van der Waals surface area contributed by atoms with Gasteiger partial charge in [-0.25, -0.2) is 0 Å². The molecule has 0 bridgehead atoms. The molecule has 4 heteroatoms. The molecule has 0 atom stereocenters.